The van der Waals surface area contributed by atoms with E-state index in [4.69, 9.17) is 4.52 Å². The molecule has 1 aliphatic carbocycles. The second-order valence-corrected chi connectivity index (χ2v) is 5.25. The van der Waals surface area contributed by atoms with Crippen LogP contribution in [0.3, 0.4) is 0 Å². The lowest BCUT2D eigenvalue weighted by Crippen LogP contribution is -2.16. The SMILES string of the molecule is Cc1ccc(CCc2nc(CNC3CC3)no2)cc1. The zero-order valence-corrected chi connectivity index (χ0v) is 11.2. The van der Waals surface area contributed by atoms with Gasteiger partial charge in [0.25, 0.3) is 0 Å². The van der Waals surface area contributed by atoms with E-state index in [-0.39, 0.29) is 0 Å². The van der Waals surface area contributed by atoms with Gasteiger partial charge in [-0.25, -0.2) is 0 Å². The van der Waals surface area contributed by atoms with E-state index in [0.29, 0.717) is 6.04 Å². The number of benzene rings is 1. The largest absolute Gasteiger partial charge is 0.339 e. The third-order valence-electron chi connectivity index (χ3n) is 3.38. The topological polar surface area (TPSA) is 51.0 Å². The van der Waals surface area contributed by atoms with Crippen LogP contribution in [0.1, 0.15) is 35.7 Å². The molecule has 19 heavy (non-hydrogen) atoms. The zero-order valence-electron chi connectivity index (χ0n) is 11.2. The van der Waals surface area contributed by atoms with E-state index in [1.165, 1.54) is 24.0 Å². The molecule has 1 aromatic heterocycles. The van der Waals surface area contributed by atoms with Crippen molar-refractivity contribution < 1.29 is 4.52 Å². The number of nitrogens with zero attached hydrogens (tertiary/aromatic N) is 2. The Balaban J connectivity index is 1.50. The van der Waals surface area contributed by atoms with Crippen molar-refractivity contribution in [2.45, 2.75) is 45.2 Å². The second-order valence-electron chi connectivity index (χ2n) is 5.25. The van der Waals surface area contributed by atoms with Gasteiger partial charge in [0.05, 0.1) is 6.54 Å². The smallest absolute Gasteiger partial charge is 0.227 e. The molecule has 3 rings (SSSR count). The molecule has 0 atom stereocenters. The number of rotatable bonds is 6. The average molecular weight is 257 g/mol. The lowest BCUT2D eigenvalue weighted by Gasteiger charge is -1.98. The molecule has 0 aliphatic heterocycles. The van der Waals surface area contributed by atoms with E-state index in [0.717, 1.165) is 31.1 Å². The fourth-order valence-corrected chi connectivity index (χ4v) is 1.99. The van der Waals surface area contributed by atoms with Crippen LogP contribution in [-0.2, 0) is 19.4 Å². The molecule has 100 valence electrons. The second kappa shape index (κ2) is 5.53. The molecule has 0 saturated heterocycles. The minimum absolute atomic E-state index is 0.675. The fourth-order valence-electron chi connectivity index (χ4n) is 1.99. The molecule has 2 aromatic rings. The first-order valence-corrected chi connectivity index (χ1v) is 6.90. The van der Waals surface area contributed by atoms with Crippen molar-refractivity contribution in [2.75, 3.05) is 0 Å². The predicted octanol–water partition coefficient (Wildman–Crippen LogP) is 2.42. The Morgan fingerprint density at radius 2 is 2.00 bits per heavy atom. The highest BCUT2D eigenvalue weighted by atomic mass is 16.5. The maximum atomic E-state index is 5.26. The van der Waals surface area contributed by atoms with Crippen molar-refractivity contribution in [3.05, 3.63) is 47.1 Å². The number of aromatic nitrogens is 2. The van der Waals surface area contributed by atoms with Crippen molar-refractivity contribution in [3.63, 3.8) is 0 Å². The van der Waals surface area contributed by atoms with Crippen LogP contribution in [0, 0.1) is 6.92 Å². The van der Waals surface area contributed by atoms with Gasteiger partial charge in [0.1, 0.15) is 0 Å². The normalized spacial score (nSPS) is 14.8. The molecule has 0 spiro atoms. The van der Waals surface area contributed by atoms with Crippen molar-refractivity contribution >= 4 is 0 Å². The van der Waals surface area contributed by atoms with Gasteiger partial charge in [-0.1, -0.05) is 35.0 Å². The summed E-state index contributed by atoms with van der Waals surface area (Å²) in [5.41, 5.74) is 2.59. The molecule has 0 unspecified atom stereocenters. The number of hydrogen-bond acceptors (Lipinski definition) is 4. The zero-order chi connectivity index (χ0) is 13.1. The Bertz CT molecular complexity index is 529. The van der Waals surface area contributed by atoms with Gasteiger partial charge in [-0.2, -0.15) is 4.98 Å². The lowest BCUT2D eigenvalue weighted by molar-refractivity contribution is 0.371. The van der Waals surface area contributed by atoms with Crippen LogP contribution in [0.25, 0.3) is 0 Å². The predicted molar refractivity (Wildman–Crippen MR) is 72.7 cm³/mol. The summed E-state index contributed by atoms with van der Waals surface area (Å²) in [6, 6.07) is 9.25. The summed E-state index contributed by atoms with van der Waals surface area (Å²) in [4.78, 5) is 4.40. The molecule has 0 amide bonds. The maximum absolute atomic E-state index is 5.26. The summed E-state index contributed by atoms with van der Waals surface area (Å²) in [7, 11) is 0. The molecule has 1 fully saturated rings. The Hall–Kier alpha value is -1.68. The Morgan fingerprint density at radius 1 is 1.21 bits per heavy atom. The number of hydrogen-bond donors (Lipinski definition) is 1. The summed E-state index contributed by atoms with van der Waals surface area (Å²) < 4.78 is 5.26. The molecular weight excluding hydrogens is 238 g/mol. The highest BCUT2D eigenvalue weighted by molar-refractivity contribution is 5.21. The molecule has 1 N–H and O–H groups in total. The first-order chi connectivity index (χ1) is 9.29. The highest BCUT2D eigenvalue weighted by Crippen LogP contribution is 2.18. The third kappa shape index (κ3) is 3.64. The van der Waals surface area contributed by atoms with Gasteiger partial charge in [0, 0.05) is 12.5 Å². The summed E-state index contributed by atoms with van der Waals surface area (Å²) in [6.07, 6.45) is 4.30. The van der Waals surface area contributed by atoms with Crippen molar-refractivity contribution in [1.82, 2.24) is 15.5 Å². The van der Waals surface area contributed by atoms with Gasteiger partial charge < -0.3 is 9.84 Å². The highest BCUT2D eigenvalue weighted by Gasteiger charge is 2.20. The Morgan fingerprint density at radius 3 is 2.74 bits per heavy atom. The van der Waals surface area contributed by atoms with Gasteiger partial charge >= 0.3 is 0 Å². The van der Waals surface area contributed by atoms with E-state index < -0.39 is 0 Å². The van der Waals surface area contributed by atoms with Crippen LogP contribution in [-0.4, -0.2) is 16.2 Å². The monoisotopic (exact) mass is 257 g/mol. The van der Waals surface area contributed by atoms with Crippen molar-refractivity contribution in [2.24, 2.45) is 0 Å². The Kier molecular flexibility index (Phi) is 3.60. The van der Waals surface area contributed by atoms with Crippen molar-refractivity contribution in [1.29, 1.82) is 0 Å². The quantitative estimate of drug-likeness (QED) is 0.863. The minimum Gasteiger partial charge on any atom is -0.339 e. The Labute approximate surface area is 113 Å². The van der Waals surface area contributed by atoms with Crippen LogP contribution in [0.15, 0.2) is 28.8 Å². The summed E-state index contributed by atoms with van der Waals surface area (Å²) in [5, 5.41) is 7.37. The molecule has 1 aliphatic rings. The van der Waals surface area contributed by atoms with Crippen LogP contribution >= 0.6 is 0 Å². The number of aryl methyl sites for hydroxylation is 3. The first-order valence-electron chi connectivity index (χ1n) is 6.90. The molecule has 0 radical (unpaired) electrons. The average Bonchev–Trinajstić information content (AvgIpc) is 3.15. The number of nitrogens with one attached hydrogen (secondary N) is 1. The molecule has 4 heteroatoms. The summed E-state index contributed by atoms with van der Waals surface area (Å²) in [6.45, 7) is 2.82. The van der Waals surface area contributed by atoms with E-state index in [1.54, 1.807) is 0 Å². The summed E-state index contributed by atoms with van der Waals surface area (Å²) in [5.74, 6) is 1.50. The van der Waals surface area contributed by atoms with Crippen LogP contribution in [0.4, 0.5) is 0 Å². The van der Waals surface area contributed by atoms with E-state index in [1.807, 2.05) is 0 Å². The molecule has 4 nitrogen and oxygen atoms in total. The summed E-state index contributed by atoms with van der Waals surface area (Å²) >= 11 is 0. The third-order valence-corrected chi connectivity index (χ3v) is 3.38. The fraction of sp³-hybridized carbons (Fsp3) is 0.467. The lowest BCUT2D eigenvalue weighted by atomic mass is 10.1. The van der Waals surface area contributed by atoms with Crippen LogP contribution in [0.2, 0.25) is 0 Å². The maximum Gasteiger partial charge on any atom is 0.227 e. The molecule has 1 heterocycles. The molecule has 0 bridgehead atoms. The van der Waals surface area contributed by atoms with E-state index in [9.17, 15) is 0 Å². The molecule has 1 aromatic carbocycles. The van der Waals surface area contributed by atoms with Crippen LogP contribution < -0.4 is 5.32 Å². The molecule has 1 saturated carbocycles. The van der Waals surface area contributed by atoms with Gasteiger partial charge in [0.2, 0.25) is 5.89 Å². The van der Waals surface area contributed by atoms with E-state index >= 15 is 0 Å². The van der Waals surface area contributed by atoms with E-state index in [2.05, 4.69) is 46.6 Å². The van der Waals surface area contributed by atoms with Crippen LogP contribution in [0.5, 0.6) is 0 Å². The molecular formula is C15H19N3O. The van der Waals surface area contributed by atoms with Gasteiger partial charge in [-0.15, -0.1) is 0 Å². The minimum atomic E-state index is 0.675. The van der Waals surface area contributed by atoms with Gasteiger partial charge in [0.15, 0.2) is 5.82 Å². The standard InChI is InChI=1S/C15H19N3O/c1-11-2-4-12(5-3-11)6-9-15-17-14(18-19-15)10-16-13-7-8-13/h2-5,13,16H,6-10H2,1H3. The first kappa shape index (κ1) is 12.4. The van der Waals surface area contributed by atoms with Gasteiger partial charge in [-0.3, -0.25) is 0 Å². The van der Waals surface area contributed by atoms with Crippen molar-refractivity contribution in [3.8, 4) is 0 Å². The van der Waals surface area contributed by atoms with Gasteiger partial charge in [-0.05, 0) is 31.7 Å².